The zero-order valence-corrected chi connectivity index (χ0v) is 14.2. The van der Waals surface area contributed by atoms with Crippen molar-refractivity contribution in [3.8, 4) is 0 Å². The molecule has 1 aromatic heterocycles. The molecule has 132 valence electrons. The van der Waals surface area contributed by atoms with E-state index in [1.165, 1.54) is 5.56 Å². The van der Waals surface area contributed by atoms with Crippen LogP contribution in [0.5, 0.6) is 0 Å². The number of hydrogen-bond donors (Lipinski definition) is 3. The number of aromatic nitrogens is 2. The Bertz CT molecular complexity index is 728. The van der Waals surface area contributed by atoms with Gasteiger partial charge in [-0.15, -0.1) is 0 Å². The number of amides is 3. The van der Waals surface area contributed by atoms with Gasteiger partial charge in [-0.1, -0.05) is 30.3 Å². The molecule has 0 aliphatic carbocycles. The van der Waals surface area contributed by atoms with Crippen LogP contribution in [0.25, 0.3) is 0 Å². The maximum absolute atomic E-state index is 12.1. The molecule has 1 aliphatic heterocycles. The second kappa shape index (κ2) is 7.83. The summed E-state index contributed by atoms with van der Waals surface area (Å²) in [6.45, 7) is 3.25. The van der Waals surface area contributed by atoms with E-state index < -0.39 is 6.04 Å². The van der Waals surface area contributed by atoms with Crippen LogP contribution < -0.4 is 16.0 Å². The predicted octanol–water partition coefficient (Wildman–Crippen LogP) is 1.57. The van der Waals surface area contributed by atoms with Gasteiger partial charge in [0.1, 0.15) is 6.04 Å². The van der Waals surface area contributed by atoms with Crippen molar-refractivity contribution in [2.24, 2.45) is 0 Å². The van der Waals surface area contributed by atoms with Crippen molar-refractivity contribution in [3.05, 3.63) is 53.9 Å². The summed E-state index contributed by atoms with van der Waals surface area (Å²) in [5, 5.41) is 12.7. The van der Waals surface area contributed by atoms with Gasteiger partial charge in [0.15, 0.2) is 0 Å². The van der Waals surface area contributed by atoms with E-state index in [-0.39, 0.29) is 18.0 Å². The van der Waals surface area contributed by atoms with Crippen molar-refractivity contribution in [1.82, 2.24) is 25.7 Å². The van der Waals surface area contributed by atoms with Crippen molar-refractivity contribution < 1.29 is 9.59 Å². The first-order chi connectivity index (χ1) is 12.1. The lowest BCUT2D eigenvalue weighted by molar-refractivity contribution is -0.124. The first-order valence-electron chi connectivity index (χ1n) is 8.53. The van der Waals surface area contributed by atoms with Crippen LogP contribution in [-0.2, 0) is 11.3 Å². The summed E-state index contributed by atoms with van der Waals surface area (Å²) in [6.07, 6.45) is 5.22. The molecular formula is C18H23N5O2. The molecule has 0 spiro atoms. The zero-order valence-electron chi connectivity index (χ0n) is 14.2. The molecular weight excluding hydrogens is 318 g/mol. The number of benzene rings is 1. The summed E-state index contributed by atoms with van der Waals surface area (Å²) in [6, 6.07) is 9.07. The standard InChI is InChI=1S/C18H23N5O2/c1-13(21-18(25)22-16-8-5-9-19-17(16)24)15-10-20-23(12-15)11-14-6-3-2-4-7-14/h2-4,6-7,10,12-13,16H,5,8-9,11H2,1H3,(H,19,24)(H2,21,22,25)/t13-,16+/m1/s1. The van der Waals surface area contributed by atoms with Crippen molar-refractivity contribution in [3.63, 3.8) is 0 Å². The molecule has 25 heavy (non-hydrogen) atoms. The summed E-state index contributed by atoms with van der Waals surface area (Å²) in [5.41, 5.74) is 2.08. The Hall–Kier alpha value is -2.83. The van der Waals surface area contributed by atoms with Crippen LogP contribution in [0.4, 0.5) is 4.79 Å². The summed E-state index contributed by atoms with van der Waals surface area (Å²) < 4.78 is 1.84. The highest BCUT2D eigenvalue weighted by Gasteiger charge is 2.24. The molecule has 0 unspecified atom stereocenters. The van der Waals surface area contributed by atoms with Gasteiger partial charge in [-0.05, 0) is 25.3 Å². The lowest BCUT2D eigenvalue weighted by atomic mass is 10.1. The van der Waals surface area contributed by atoms with Crippen LogP contribution in [-0.4, -0.2) is 34.3 Å². The molecule has 3 rings (SSSR count). The SMILES string of the molecule is C[C@@H](NC(=O)N[C@H]1CCCNC1=O)c1cnn(Cc2ccccc2)c1. The lowest BCUT2D eigenvalue weighted by Gasteiger charge is -2.23. The van der Waals surface area contributed by atoms with E-state index >= 15 is 0 Å². The number of nitrogens with zero attached hydrogens (tertiary/aromatic N) is 2. The number of urea groups is 1. The predicted molar refractivity (Wildman–Crippen MR) is 93.9 cm³/mol. The Labute approximate surface area is 146 Å². The largest absolute Gasteiger partial charge is 0.354 e. The highest BCUT2D eigenvalue weighted by atomic mass is 16.2. The molecule has 2 heterocycles. The fourth-order valence-corrected chi connectivity index (χ4v) is 2.85. The monoisotopic (exact) mass is 341 g/mol. The Balaban J connectivity index is 1.53. The fourth-order valence-electron chi connectivity index (χ4n) is 2.85. The van der Waals surface area contributed by atoms with E-state index in [0.717, 1.165) is 12.0 Å². The number of carbonyl (C=O) groups is 2. The summed E-state index contributed by atoms with van der Waals surface area (Å²) in [5.74, 6) is -0.121. The number of piperidine rings is 1. The van der Waals surface area contributed by atoms with Gasteiger partial charge in [-0.3, -0.25) is 9.48 Å². The third-order valence-electron chi connectivity index (χ3n) is 4.28. The average Bonchev–Trinajstić information content (AvgIpc) is 3.06. The van der Waals surface area contributed by atoms with E-state index in [0.29, 0.717) is 19.5 Å². The second-order valence-electron chi connectivity index (χ2n) is 6.28. The van der Waals surface area contributed by atoms with Gasteiger partial charge < -0.3 is 16.0 Å². The van der Waals surface area contributed by atoms with E-state index in [4.69, 9.17) is 0 Å². The highest BCUT2D eigenvalue weighted by molar-refractivity contribution is 5.87. The van der Waals surface area contributed by atoms with Gasteiger partial charge in [-0.2, -0.15) is 5.10 Å². The molecule has 0 bridgehead atoms. The quantitative estimate of drug-likeness (QED) is 0.771. The maximum atomic E-state index is 12.1. The zero-order chi connectivity index (χ0) is 17.6. The molecule has 1 fully saturated rings. The van der Waals surface area contributed by atoms with Crippen molar-refractivity contribution in [2.75, 3.05) is 6.54 Å². The van der Waals surface area contributed by atoms with Crippen molar-refractivity contribution in [2.45, 2.75) is 38.4 Å². The molecule has 7 heteroatoms. The van der Waals surface area contributed by atoms with E-state index in [9.17, 15) is 9.59 Å². The molecule has 7 nitrogen and oxygen atoms in total. The minimum Gasteiger partial charge on any atom is -0.354 e. The smallest absolute Gasteiger partial charge is 0.315 e. The van der Waals surface area contributed by atoms with Gasteiger partial charge in [-0.25, -0.2) is 4.79 Å². The molecule has 1 aliphatic rings. The molecule has 3 N–H and O–H groups in total. The summed E-state index contributed by atoms with van der Waals surface area (Å²) in [7, 11) is 0. The fraction of sp³-hybridized carbons (Fsp3) is 0.389. The highest BCUT2D eigenvalue weighted by Crippen LogP contribution is 2.12. The van der Waals surface area contributed by atoms with Crippen molar-refractivity contribution >= 4 is 11.9 Å². The van der Waals surface area contributed by atoms with Crippen LogP contribution in [0.2, 0.25) is 0 Å². The summed E-state index contributed by atoms with van der Waals surface area (Å²) >= 11 is 0. The lowest BCUT2D eigenvalue weighted by Crippen LogP contribution is -2.52. The van der Waals surface area contributed by atoms with Crippen LogP contribution >= 0.6 is 0 Å². The van der Waals surface area contributed by atoms with Gasteiger partial charge >= 0.3 is 6.03 Å². The van der Waals surface area contributed by atoms with Gasteiger partial charge in [0.2, 0.25) is 5.91 Å². The Morgan fingerprint density at radius 1 is 1.40 bits per heavy atom. The van der Waals surface area contributed by atoms with Crippen LogP contribution in [0.1, 0.15) is 36.9 Å². The first kappa shape index (κ1) is 17.0. The Kier molecular flexibility index (Phi) is 5.33. The number of rotatable bonds is 5. The normalized spacial score (nSPS) is 18.3. The van der Waals surface area contributed by atoms with E-state index in [1.54, 1.807) is 6.20 Å². The molecule has 2 atom stereocenters. The second-order valence-corrected chi connectivity index (χ2v) is 6.28. The molecule has 2 aromatic rings. The Morgan fingerprint density at radius 2 is 2.20 bits per heavy atom. The first-order valence-corrected chi connectivity index (χ1v) is 8.53. The van der Waals surface area contributed by atoms with Crippen LogP contribution in [0, 0.1) is 0 Å². The van der Waals surface area contributed by atoms with Crippen molar-refractivity contribution in [1.29, 1.82) is 0 Å². The van der Waals surface area contributed by atoms with Crippen LogP contribution in [0.15, 0.2) is 42.7 Å². The molecule has 3 amide bonds. The number of nitrogens with one attached hydrogen (secondary N) is 3. The number of carbonyl (C=O) groups excluding carboxylic acids is 2. The maximum Gasteiger partial charge on any atom is 0.315 e. The molecule has 1 saturated heterocycles. The van der Waals surface area contributed by atoms with Gasteiger partial charge in [0.25, 0.3) is 0 Å². The minimum atomic E-state index is -0.457. The number of hydrogen-bond acceptors (Lipinski definition) is 3. The van der Waals surface area contributed by atoms with E-state index in [1.807, 2.05) is 48.1 Å². The average molecular weight is 341 g/mol. The summed E-state index contributed by atoms with van der Waals surface area (Å²) in [4.78, 5) is 23.8. The molecule has 0 radical (unpaired) electrons. The Morgan fingerprint density at radius 3 is 2.96 bits per heavy atom. The third-order valence-corrected chi connectivity index (χ3v) is 4.28. The molecule has 0 saturated carbocycles. The third kappa shape index (κ3) is 4.59. The van der Waals surface area contributed by atoms with E-state index in [2.05, 4.69) is 21.0 Å². The topological polar surface area (TPSA) is 88.1 Å². The minimum absolute atomic E-state index is 0.121. The van der Waals surface area contributed by atoms with Crippen LogP contribution in [0.3, 0.4) is 0 Å². The molecule has 1 aromatic carbocycles. The van der Waals surface area contributed by atoms with Gasteiger partial charge in [0, 0.05) is 18.3 Å². The van der Waals surface area contributed by atoms with Gasteiger partial charge in [0.05, 0.1) is 18.8 Å².